The van der Waals surface area contributed by atoms with E-state index >= 15 is 0 Å². The van der Waals surface area contributed by atoms with Crippen LogP contribution in [0.1, 0.15) is 11.1 Å². The number of carbonyl (C=O) groups excluding carboxylic acids is 2. The van der Waals surface area contributed by atoms with Gasteiger partial charge in [0.2, 0.25) is 0 Å². The van der Waals surface area contributed by atoms with Crippen LogP contribution in [-0.4, -0.2) is 26.2 Å². The Kier molecular flexibility index (Phi) is 11.8. The summed E-state index contributed by atoms with van der Waals surface area (Å²) in [5.41, 5.74) is 8.94. The van der Waals surface area contributed by atoms with Gasteiger partial charge in [0.1, 0.15) is 23.6 Å². The van der Waals surface area contributed by atoms with E-state index in [-0.39, 0.29) is 27.3 Å². The molecule has 0 aliphatic carbocycles. The molecule has 0 aromatic heterocycles. The van der Waals surface area contributed by atoms with Crippen LogP contribution in [0.2, 0.25) is 0 Å². The molecule has 0 N–H and O–H groups in total. The van der Waals surface area contributed by atoms with Gasteiger partial charge in [-0.15, -0.1) is 0 Å². The second-order valence-electron chi connectivity index (χ2n) is 5.35. The minimum Gasteiger partial charge on any atom is -0.713 e. The van der Waals surface area contributed by atoms with Gasteiger partial charge in [0.25, 0.3) is 0 Å². The molecule has 0 radical (unpaired) electrons. The summed E-state index contributed by atoms with van der Waals surface area (Å²) in [5, 5.41) is 3.26. The average Bonchev–Trinajstić information content (AvgIpc) is 2.72. The van der Waals surface area contributed by atoms with Crippen molar-refractivity contribution in [3.63, 3.8) is 0 Å². The molecule has 0 spiro atoms. The molecule has 0 saturated heterocycles. The maximum Gasteiger partial charge on any atom is 0.140 e. The molecule has 2 aromatic rings. The van der Waals surface area contributed by atoms with Crippen molar-refractivity contribution in [3.8, 4) is 0 Å². The van der Waals surface area contributed by atoms with E-state index in [4.69, 9.17) is 0 Å². The van der Waals surface area contributed by atoms with E-state index in [2.05, 4.69) is 21.5 Å². The van der Waals surface area contributed by atoms with Crippen LogP contribution in [-0.2, 0) is 51.9 Å². The van der Waals surface area contributed by atoms with Crippen LogP contribution in [0.3, 0.4) is 0 Å². The van der Waals surface area contributed by atoms with Crippen molar-refractivity contribution in [1.82, 2.24) is 0 Å². The predicted octanol–water partition coefficient (Wildman–Crippen LogP) is 3.80. The molecule has 29 heavy (non-hydrogen) atoms. The minimum atomic E-state index is -1.29. The summed E-state index contributed by atoms with van der Waals surface area (Å²) >= 11 is 0. The number of hydrogen-bond acceptors (Lipinski definition) is 5. The number of nitrogens with zero attached hydrogens (tertiary/aromatic N) is 2. The third-order valence-corrected chi connectivity index (χ3v) is 3.57. The van der Waals surface area contributed by atoms with Gasteiger partial charge in [-0.25, -0.2) is 8.78 Å². The van der Waals surface area contributed by atoms with Crippen molar-refractivity contribution in [2.75, 3.05) is 14.2 Å². The average molecular weight is 501 g/mol. The Labute approximate surface area is 188 Å². The molecule has 0 aliphatic heterocycles. The Morgan fingerprint density at radius 1 is 0.897 bits per heavy atom. The van der Waals surface area contributed by atoms with Gasteiger partial charge < -0.3 is 39.9 Å². The second-order valence-corrected chi connectivity index (χ2v) is 5.35. The maximum absolute atomic E-state index is 12.9. The summed E-state index contributed by atoms with van der Waals surface area (Å²) in [7, 11) is 2.45. The van der Waals surface area contributed by atoms with Crippen molar-refractivity contribution in [2.45, 2.75) is 5.54 Å². The quantitative estimate of drug-likeness (QED) is 0.261. The van der Waals surface area contributed by atoms with Gasteiger partial charge in [-0.3, -0.25) is 9.59 Å². The molecule has 0 fully saturated rings. The van der Waals surface area contributed by atoms with E-state index < -0.39 is 29.1 Å². The van der Waals surface area contributed by atoms with Crippen LogP contribution in [0.5, 0.6) is 0 Å². The molecule has 0 atom stereocenters. The molecule has 2 rings (SSSR count). The Balaban J connectivity index is 0.000000616. The largest absolute Gasteiger partial charge is 0.713 e. The SMILES string of the molecule is COC(=O)[CH-][CH-]C(=O)OC.[CH2-]C(N=[N-])(c1ccc(F)cc1)c1ccc(F)cc1.[Cd]. The Hall–Kier alpha value is -2.50. The van der Waals surface area contributed by atoms with Gasteiger partial charge in [-0.2, -0.15) is 0 Å². The van der Waals surface area contributed by atoms with Crippen LogP contribution in [0.25, 0.3) is 5.53 Å². The number of rotatable bonds is 6. The fraction of sp³-hybridized carbons (Fsp3) is 0.150. The predicted molar refractivity (Wildman–Crippen MR) is 97.4 cm³/mol. The second kappa shape index (κ2) is 12.9. The third-order valence-electron chi connectivity index (χ3n) is 3.57. The van der Waals surface area contributed by atoms with Crippen LogP contribution >= 0.6 is 0 Å². The number of ether oxygens (including phenoxy) is 2. The third kappa shape index (κ3) is 8.18. The van der Waals surface area contributed by atoms with Crippen LogP contribution < -0.4 is 0 Å². The molecule has 152 valence electrons. The van der Waals surface area contributed by atoms with Gasteiger partial charge in [0.05, 0.1) is 14.2 Å². The zero-order valence-electron chi connectivity index (χ0n) is 16.0. The Bertz CT molecular complexity index is 738. The Morgan fingerprint density at radius 3 is 1.45 bits per heavy atom. The summed E-state index contributed by atoms with van der Waals surface area (Å²) in [5.74, 6) is -1.94. The topological polar surface area (TPSA) is 87.3 Å². The molecular formula is C20H18CdF2N2O4-4. The number of carbonyl (C=O) groups is 2. The van der Waals surface area contributed by atoms with Crippen molar-refractivity contribution in [2.24, 2.45) is 5.11 Å². The zero-order valence-corrected chi connectivity index (χ0v) is 20.0. The van der Waals surface area contributed by atoms with E-state index in [0.717, 1.165) is 12.8 Å². The van der Waals surface area contributed by atoms with Gasteiger partial charge in [-0.05, 0) is 40.9 Å². The smallest absolute Gasteiger partial charge is 0.140 e. The monoisotopic (exact) mass is 502 g/mol. The van der Waals surface area contributed by atoms with E-state index in [0.29, 0.717) is 11.1 Å². The standard InChI is InChI=1S/C14H10F2N2.C6H8O4.Cd/c1-14(18-17,10-2-6-12(15)7-3-10)11-4-8-13(16)9-5-11;1-9-5(7)3-4-6(8)10-2;/h2-9H,1H2;3-4H,1-2H3;/q2*-2;. The number of methoxy groups -OCH3 is 2. The molecule has 0 saturated carbocycles. The summed E-state index contributed by atoms with van der Waals surface area (Å²) in [6.45, 7) is 3.83. The molecule has 0 unspecified atom stereocenters. The first-order valence-electron chi connectivity index (χ1n) is 7.84. The molecule has 9 heteroatoms. The van der Waals surface area contributed by atoms with Crippen molar-refractivity contribution < 1.29 is 55.1 Å². The molecule has 6 nitrogen and oxygen atoms in total. The number of hydrogen-bond donors (Lipinski definition) is 0. The summed E-state index contributed by atoms with van der Waals surface area (Å²) in [4.78, 5) is 20.6. The molecule has 2 aromatic carbocycles. The number of benzene rings is 2. The molecule has 0 aliphatic rings. The maximum atomic E-state index is 12.9. The number of halogens is 2. The molecule has 0 heterocycles. The van der Waals surface area contributed by atoms with E-state index in [9.17, 15) is 23.9 Å². The normalized spacial score (nSPS) is 9.69. The fourth-order valence-corrected chi connectivity index (χ4v) is 2.01. The van der Waals surface area contributed by atoms with Crippen molar-refractivity contribution in [1.29, 1.82) is 0 Å². The van der Waals surface area contributed by atoms with Crippen LogP contribution in [0.15, 0.2) is 53.6 Å². The van der Waals surface area contributed by atoms with Crippen LogP contribution in [0.4, 0.5) is 8.78 Å². The van der Waals surface area contributed by atoms with Crippen molar-refractivity contribution in [3.05, 3.63) is 96.6 Å². The minimum absolute atomic E-state index is 0. The van der Waals surface area contributed by atoms with Crippen molar-refractivity contribution >= 4 is 11.9 Å². The Morgan fingerprint density at radius 2 is 1.21 bits per heavy atom. The van der Waals surface area contributed by atoms with E-state index in [1.165, 1.54) is 62.8 Å². The van der Waals surface area contributed by atoms with E-state index in [1.54, 1.807) is 0 Å². The molecule has 0 bridgehead atoms. The molecular weight excluding hydrogens is 483 g/mol. The fourth-order valence-electron chi connectivity index (χ4n) is 2.01. The van der Waals surface area contributed by atoms with Gasteiger partial charge in [0, 0.05) is 27.3 Å². The van der Waals surface area contributed by atoms with E-state index in [1.807, 2.05) is 0 Å². The molecule has 0 amide bonds. The number of esters is 2. The van der Waals surface area contributed by atoms with Crippen LogP contribution in [0, 0.1) is 31.4 Å². The van der Waals surface area contributed by atoms with Gasteiger partial charge >= 0.3 is 0 Å². The first-order chi connectivity index (χ1) is 13.3. The summed E-state index contributed by atoms with van der Waals surface area (Å²) in [6.07, 6.45) is 1.98. The first-order valence-corrected chi connectivity index (χ1v) is 7.84. The summed E-state index contributed by atoms with van der Waals surface area (Å²) in [6, 6.07) is 10.9. The summed E-state index contributed by atoms with van der Waals surface area (Å²) < 4.78 is 34.2. The first kappa shape index (κ1) is 26.5. The zero-order chi connectivity index (χ0) is 21.2. The van der Waals surface area contributed by atoms with Gasteiger partial charge in [-0.1, -0.05) is 24.3 Å². The van der Waals surface area contributed by atoms with Gasteiger partial charge in [0.15, 0.2) is 0 Å².